The second-order valence-corrected chi connectivity index (χ2v) is 4.32. The van der Waals surface area contributed by atoms with Crippen LogP contribution in [-0.4, -0.2) is 31.2 Å². The van der Waals surface area contributed by atoms with E-state index in [1.165, 1.54) is 0 Å². The second kappa shape index (κ2) is 6.80. The first kappa shape index (κ1) is 12.5. The van der Waals surface area contributed by atoms with Gasteiger partial charge < -0.3 is 15.8 Å². The molecule has 1 aliphatic heterocycles. The van der Waals surface area contributed by atoms with Crippen molar-refractivity contribution in [1.29, 1.82) is 0 Å². The van der Waals surface area contributed by atoms with Crippen LogP contribution in [0.4, 0.5) is 0 Å². The van der Waals surface area contributed by atoms with Crippen LogP contribution >= 0.6 is 0 Å². The minimum atomic E-state index is 0.155. The third-order valence-electron chi connectivity index (χ3n) is 2.65. The van der Waals surface area contributed by atoms with Crippen molar-refractivity contribution >= 4 is 5.91 Å². The van der Waals surface area contributed by atoms with Gasteiger partial charge in [0.2, 0.25) is 5.91 Å². The first-order chi connectivity index (χ1) is 7.18. The molecule has 0 aromatic carbocycles. The lowest BCUT2D eigenvalue weighted by Gasteiger charge is -2.23. The number of nitrogens with two attached hydrogens (primary N) is 1. The summed E-state index contributed by atoms with van der Waals surface area (Å²) in [4.78, 5) is 11.5. The van der Waals surface area contributed by atoms with Crippen molar-refractivity contribution in [2.45, 2.75) is 51.1 Å². The zero-order valence-corrected chi connectivity index (χ0v) is 9.50. The molecule has 1 heterocycles. The maximum Gasteiger partial charge on any atom is 0.220 e. The Balaban J connectivity index is 2.06. The summed E-state index contributed by atoms with van der Waals surface area (Å²) in [5.41, 5.74) is 5.61. The third-order valence-corrected chi connectivity index (χ3v) is 2.65. The molecule has 0 bridgehead atoms. The predicted molar refractivity (Wildman–Crippen MR) is 59.5 cm³/mol. The lowest BCUT2D eigenvalue weighted by molar-refractivity contribution is -0.122. The zero-order chi connectivity index (χ0) is 11.1. The molecule has 1 rings (SSSR count). The van der Waals surface area contributed by atoms with Gasteiger partial charge in [0, 0.05) is 31.7 Å². The molecule has 88 valence electrons. The Morgan fingerprint density at radius 1 is 1.53 bits per heavy atom. The first-order valence-corrected chi connectivity index (χ1v) is 5.81. The lowest BCUT2D eigenvalue weighted by Crippen LogP contribution is -2.38. The van der Waals surface area contributed by atoms with E-state index in [2.05, 4.69) is 5.32 Å². The van der Waals surface area contributed by atoms with E-state index in [1.807, 2.05) is 6.92 Å². The molecule has 1 atom stereocenters. The minimum absolute atomic E-state index is 0.155. The molecular formula is C11H22N2O2. The summed E-state index contributed by atoms with van der Waals surface area (Å²) < 4.78 is 5.23. The number of amides is 1. The highest BCUT2D eigenvalue weighted by atomic mass is 16.5. The topological polar surface area (TPSA) is 64.4 Å². The van der Waals surface area contributed by atoms with E-state index in [9.17, 15) is 4.79 Å². The van der Waals surface area contributed by atoms with Gasteiger partial charge in [-0.25, -0.2) is 0 Å². The number of nitrogens with one attached hydrogen (secondary N) is 1. The molecule has 1 aliphatic rings. The highest BCUT2D eigenvalue weighted by Crippen LogP contribution is 2.07. The standard InChI is InChI=1S/C11H22N2O2/c1-9(12)3-2-4-11(14)13-10-5-7-15-8-6-10/h9-10H,2-8,12H2,1H3,(H,13,14). The fourth-order valence-corrected chi connectivity index (χ4v) is 1.73. The molecule has 0 aliphatic carbocycles. The van der Waals surface area contributed by atoms with Crippen molar-refractivity contribution in [3.05, 3.63) is 0 Å². The van der Waals surface area contributed by atoms with Gasteiger partial charge in [0.15, 0.2) is 0 Å². The Morgan fingerprint density at radius 3 is 2.80 bits per heavy atom. The quantitative estimate of drug-likeness (QED) is 0.711. The average Bonchev–Trinajstić information content (AvgIpc) is 2.18. The Morgan fingerprint density at radius 2 is 2.20 bits per heavy atom. The number of carbonyl (C=O) groups is 1. The Hall–Kier alpha value is -0.610. The Labute approximate surface area is 91.5 Å². The predicted octanol–water partition coefficient (Wildman–Crippen LogP) is 0.799. The van der Waals surface area contributed by atoms with Crippen LogP contribution in [0.25, 0.3) is 0 Å². The van der Waals surface area contributed by atoms with E-state index in [0.29, 0.717) is 12.5 Å². The summed E-state index contributed by atoms with van der Waals surface area (Å²) in [5.74, 6) is 0.155. The summed E-state index contributed by atoms with van der Waals surface area (Å²) in [6.45, 7) is 3.51. The van der Waals surface area contributed by atoms with Crippen molar-refractivity contribution in [2.75, 3.05) is 13.2 Å². The average molecular weight is 214 g/mol. The SMILES string of the molecule is CC(N)CCCC(=O)NC1CCOCC1. The van der Waals surface area contributed by atoms with Gasteiger partial charge in [0.25, 0.3) is 0 Å². The molecule has 1 unspecified atom stereocenters. The molecule has 1 amide bonds. The molecule has 3 N–H and O–H groups in total. The normalized spacial score (nSPS) is 19.9. The van der Waals surface area contributed by atoms with E-state index in [-0.39, 0.29) is 11.9 Å². The molecule has 0 aromatic rings. The van der Waals surface area contributed by atoms with Crippen LogP contribution in [-0.2, 0) is 9.53 Å². The molecule has 4 heteroatoms. The molecule has 4 nitrogen and oxygen atoms in total. The monoisotopic (exact) mass is 214 g/mol. The summed E-state index contributed by atoms with van der Waals surface area (Å²) in [6.07, 6.45) is 4.28. The summed E-state index contributed by atoms with van der Waals surface area (Å²) in [7, 11) is 0. The molecule has 0 spiro atoms. The number of ether oxygens (including phenoxy) is 1. The summed E-state index contributed by atoms with van der Waals surface area (Å²) >= 11 is 0. The van der Waals surface area contributed by atoms with Gasteiger partial charge in [-0.3, -0.25) is 4.79 Å². The first-order valence-electron chi connectivity index (χ1n) is 5.81. The van der Waals surface area contributed by atoms with Gasteiger partial charge in [-0.05, 0) is 32.6 Å². The fourth-order valence-electron chi connectivity index (χ4n) is 1.73. The van der Waals surface area contributed by atoms with Gasteiger partial charge in [-0.15, -0.1) is 0 Å². The van der Waals surface area contributed by atoms with E-state index in [1.54, 1.807) is 0 Å². The summed E-state index contributed by atoms with van der Waals surface area (Å²) in [5, 5.41) is 3.03. The van der Waals surface area contributed by atoms with E-state index in [0.717, 1.165) is 38.9 Å². The maximum atomic E-state index is 11.5. The van der Waals surface area contributed by atoms with Crippen molar-refractivity contribution in [3.63, 3.8) is 0 Å². The van der Waals surface area contributed by atoms with E-state index < -0.39 is 0 Å². The smallest absolute Gasteiger partial charge is 0.220 e. The number of carbonyl (C=O) groups excluding carboxylic acids is 1. The largest absolute Gasteiger partial charge is 0.381 e. The molecule has 1 fully saturated rings. The van der Waals surface area contributed by atoms with Gasteiger partial charge in [0.05, 0.1) is 0 Å². The van der Waals surface area contributed by atoms with Crippen LogP contribution in [0.15, 0.2) is 0 Å². The van der Waals surface area contributed by atoms with E-state index in [4.69, 9.17) is 10.5 Å². The van der Waals surface area contributed by atoms with Crippen LogP contribution in [0.1, 0.15) is 39.0 Å². The van der Waals surface area contributed by atoms with Crippen molar-refractivity contribution < 1.29 is 9.53 Å². The van der Waals surface area contributed by atoms with Crippen molar-refractivity contribution in [3.8, 4) is 0 Å². The van der Waals surface area contributed by atoms with Crippen molar-refractivity contribution in [2.24, 2.45) is 5.73 Å². The maximum absolute atomic E-state index is 11.5. The van der Waals surface area contributed by atoms with Crippen LogP contribution in [0.2, 0.25) is 0 Å². The van der Waals surface area contributed by atoms with Crippen LogP contribution in [0.3, 0.4) is 0 Å². The fraction of sp³-hybridized carbons (Fsp3) is 0.909. The highest BCUT2D eigenvalue weighted by Gasteiger charge is 2.15. The minimum Gasteiger partial charge on any atom is -0.381 e. The summed E-state index contributed by atoms with van der Waals surface area (Å²) in [6, 6.07) is 0.516. The molecular weight excluding hydrogens is 192 g/mol. The second-order valence-electron chi connectivity index (χ2n) is 4.32. The van der Waals surface area contributed by atoms with Gasteiger partial charge in [0.1, 0.15) is 0 Å². The van der Waals surface area contributed by atoms with Gasteiger partial charge >= 0.3 is 0 Å². The van der Waals surface area contributed by atoms with Gasteiger partial charge in [-0.2, -0.15) is 0 Å². The van der Waals surface area contributed by atoms with Crippen molar-refractivity contribution in [1.82, 2.24) is 5.32 Å². The molecule has 0 radical (unpaired) electrons. The van der Waals surface area contributed by atoms with Crippen LogP contribution in [0.5, 0.6) is 0 Å². The van der Waals surface area contributed by atoms with Gasteiger partial charge in [-0.1, -0.05) is 0 Å². The zero-order valence-electron chi connectivity index (χ0n) is 9.50. The number of hydrogen-bond donors (Lipinski definition) is 2. The Bertz CT molecular complexity index is 189. The molecule has 15 heavy (non-hydrogen) atoms. The number of rotatable bonds is 5. The molecule has 1 saturated heterocycles. The molecule has 0 aromatic heterocycles. The number of hydrogen-bond acceptors (Lipinski definition) is 3. The Kier molecular flexibility index (Phi) is 5.65. The lowest BCUT2D eigenvalue weighted by atomic mass is 10.1. The van der Waals surface area contributed by atoms with Crippen LogP contribution < -0.4 is 11.1 Å². The van der Waals surface area contributed by atoms with E-state index >= 15 is 0 Å². The highest BCUT2D eigenvalue weighted by molar-refractivity contribution is 5.76. The van der Waals surface area contributed by atoms with Crippen LogP contribution in [0, 0.1) is 0 Å². The molecule has 0 saturated carbocycles. The third kappa shape index (κ3) is 5.74.